The first kappa shape index (κ1) is 24.0. The number of rotatable bonds is 6. The Labute approximate surface area is 184 Å². The minimum absolute atomic E-state index is 0. The predicted octanol–water partition coefficient (Wildman–Crippen LogP) is 4.04. The van der Waals surface area contributed by atoms with Gasteiger partial charge in [-0.3, -0.25) is 4.99 Å². The van der Waals surface area contributed by atoms with Crippen LogP contribution in [0.1, 0.15) is 32.8 Å². The first-order valence-corrected chi connectivity index (χ1v) is 9.27. The van der Waals surface area contributed by atoms with Crippen LogP contribution in [-0.2, 0) is 11.3 Å². The zero-order valence-electron chi connectivity index (χ0n) is 17.0. The number of carbonyl (C=O) groups excluding carboxylic acids is 1. The van der Waals surface area contributed by atoms with Gasteiger partial charge in [0.2, 0.25) is 0 Å². The summed E-state index contributed by atoms with van der Waals surface area (Å²) in [5, 5.41) is 11.8. The van der Waals surface area contributed by atoms with E-state index in [9.17, 15) is 4.79 Å². The number of benzene rings is 2. The van der Waals surface area contributed by atoms with Crippen LogP contribution in [0.15, 0.2) is 47.5 Å². The van der Waals surface area contributed by atoms with Crippen LogP contribution in [0.25, 0.3) is 10.8 Å². The lowest BCUT2D eigenvalue weighted by molar-refractivity contribution is 0.0527. The summed E-state index contributed by atoms with van der Waals surface area (Å²) in [7, 11) is 1.75. The molecule has 0 bridgehead atoms. The van der Waals surface area contributed by atoms with E-state index in [0.717, 1.165) is 12.4 Å². The number of nitrogens with one attached hydrogen (secondary N) is 3. The number of hydrogen-bond donors (Lipinski definition) is 3. The largest absolute Gasteiger partial charge is 0.444 e. The van der Waals surface area contributed by atoms with Gasteiger partial charge in [0.1, 0.15) is 5.60 Å². The van der Waals surface area contributed by atoms with E-state index in [-0.39, 0.29) is 30.1 Å². The molecule has 0 unspecified atom stereocenters. The van der Waals surface area contributed by atoms with E-state index in [2.05, 4.69) is 57.3 Å². The molecule has 7 heteroatoms. The summed E-state index contributed by atoms with van der Waals surface area (Å²) in [4.78, 5) is 15.8. The van der Waals surface area contributed by atoms with Crippen molar-refractivity contribution < 1.29 is 9.53 Å². The number of carbonyl (C=O) groups is 1. The van der Waals surface area contributed by atoms with E-state index >= 15 is 0 Å². The second-order valence-corrected chi connectivity index (χ2v) is 7.27. The maximum absolute atomic E-state index is 11.6. The average Bonchev–Trinajstić information content (AvgIpc) is 2.62. The molecule has 154 valence electrons. The van der Waals surface area contributed by atoms with Crippen molar-refractivity contribution in [2.75, 3.05) is 20.1 Å². The third-order valence-corrected chi connectivity index (χ3v) is 3.86. The van der Waals surface area contributed by atoms with Gasteiger partial charge in [0.25, 0.3) is 0 Å². The first-order valence-electron chi connectivity index (χ1n) is 9.27. The smallest absolute Gasteiger partial charge is 0.407 e. The molecule has 28 heavy (non-hydrogen) atoms. The van der Waals surface area contributed by atoms with Gasteiger partial charge < -0.3 is 20.7 Å². The van der Waals surface area contributed by atoms with Crippen molar-refractivity contribution in [3.63, 3.8) is 0 Å². The summed E-state index contributed by atoms with van der Waals surface area (Å²) in [6.45, 7) is 7.48. The van der Waals surface area contributed by atoms with E-state index < -0.39 is 5.60 Å². The molecular formula is C21H31IN4O2. The van der Waals surface area contributed by atoms with Crippen molar-refractivity contribution in [3.05, 3.63) is 48.0 Å². The highest BCUT2D eigenvalue weighted by atomic mass is 127. The lowest BCUT2D eigenvalue weighted by atomic mass is 10.0. The third-order valence-electron chi connectivity index (χ3n) is 3.86. The third kappa shape index (κ3) is 8.33. The lowest BCUT2D eigenvalue weighted by Gasteiger charge is -2.19. The average molecular weight is 498 g/mol. The van der Waals surface area contributed by atoms with Crippen molar-refractivity contribution in [2.45, 2.75) is 39.3 Å². The Hall–Kier alpha value is -2.03. The Morgan fingerprint density at radius 2 is 1.68 bits per heavy atom. The maximum atomic E-state index is 11.6. The minimum atomic E-state index is -0.476. The van der Waals surface area contributed by atoms with Crippen molar-refractivity contribution in [3.8, 4) is 0 Å². The Morgan fingerprint density at radius 3 is 2.39 bits per heavy atom. The summed E-state index contributed by atoms with van der Waals surface area (Å²) in [5.74, 6) is 0.736. The SMILES string of the molecule is CN=C(NCCCNC(=O)OC(C)(C)C)NCc1cccc2ccccc12.I. The summed E-state index contributed by atoms with van der Waals surface area (Å²) >= 11 is 0. The number of halogens is 1. The zero-order valence-corrected chi connectivity index (χ0v) is 19.4. The van der Waals surface area contributed by atoms with Crippen LogP contribution in [0.5, 0.6) is 0 Å². The number of alkyl carbamates (subject to hydrolysis) is 1. The van der Waals surface area contributed by atoms with Crippen molar-refractivity contribution in [1.29, 1.82) is 0 Å². The number of fused-ring (bicyclic) bond motifs is 1. The first-order chi connectivity index (χ1) is 12.9. The molecule has 0 spiro atoms. The molecule has 3 N–H and O–H groups in total. The monoisotopic (exact) mass is 498 g/mol. The van der Waals surface area contributed by atoms with Gasteiger partial charge >= 0.3 is 6.09 Å². The molecule has 0 aliphatic heterocycles. The number of hydrogen-bond acceptors (Lipinski definition) is 3. The van der Waals surface area contributed by atoms with Gasteiger partial charge in [0.15, 0.2) is 5.96 Å². The minimum Gasteiger partial charge on any atom is -0.444 e. The second kappa shape index (κ2) is 11.7. The Balaban J connectivity index is 0.00000392. The normalized spacial score (nSPS) is 11.5. The summed E-state index contributed by atoms with van der Waals surface area (Å²) in [6, 6.07) is 14.6. The topological polar surface area (TPSA) is 74.8 Å². The molecule has 2 aromatic carbocycles. The summed E-state index contributed by atoms with van der Waals surface area (Å²) in [5.41, 5.74) is 0.748. The van der Waals surface area contributed by atoms with Gasteiger partial charge in [-0.15, -0.1) is 24.0 Å². The molecule has 0 atom stereocenters. The van der Waals surface area contributed by atoms with Crippen LogP contribution in [0.3, 0.4) is 0 Å². The molecule has 1 amide bonds. The Morgan fingerprint density at radius 1 is 1.00 bits per heavy atom. The van der Waals surface area contributed by atoms with Gasteiger partial charge in [-0.05, 0) is 43.5 Å². The van der Waals surface area contributed by atoms with E-state index in [1.165, 1.54) is 16.3 Å². The summed E-state index contributed by atoms with van der Waals surface area (Å²) in [6.07, 6.45) is 0.384. The lowest BCUT2D eigenvalue weighted by Crippen LogP contribution is -2.39. The number of nitrogens with zero attached hydrogens (tertiary/aromatic N) is 1. The van der Waals surface area contributed by atoms with E-state index in [1.54, 1.807) is 7.05 Å². The number of amides is 1. The molecule has 2 rings (SSSR count). The molecule has 0 radical (unpaired) electrons. The molecule has 2 aromatic rings. The second-order valence-electron chi connectivity index (χ2n) is 7.27. The molecule has 0 heterocycles. The quantitative estimate of drug-likeness (QED) is 0.243. The standard InChI is InChI=1S/C21H30N4O2.HI/c1-21(2,3)27-20(26)24-14-8-13-23-19(22-4)25-15-17-11-7-10-16-9-5-6-12-18(16)17;/h5-7,9-12H,8,13-15H2,1-4H3,(H,24,26)(H2,22,23,25);1H. The van der Waals surface area contributed by atoms with Gasteiger partial charge in [-0.1, -0.05) is 42.5 Å². The molecule has 0 saturated carbocycles. The van der Waals surface area contributed by atoms with Crippen molar-refractivity contribution in [2.24, 2.45) is 4.99 Å². The highest BCUT2D eigenvalue weighted by Gasteiger charge is 2.15. The maximum Gasteiger partial charge on any atom is 0.407 e. The molecule has 0 aliphatic rings. The predicted molar refractivity (Wildman–Crippen MR) is 126 cm³/mol. The van der Waals surface area contributed by atoms with Crippen molar-refractivity contribution >= 4 is 46.8 Å². The highest BCUT2D eigenvalue weighted by Crippen LogP contribution is 2.18. The zero-order chi connectivity index (χ0) is 19.7. The van der Waals surface area contributed by atoms with Crippen LogP contribution < -0.4 is 16.0 Å². The fourth-order valence-electron chi connectivity index (χ4n) is 2.65. The number of aliphatic imine (C=N–C) groups is 1. The fourth-order valence-corrected chi connectivity index (χ4v) is 2.65. The van der Waals surface area contributed by atoms with E-state index in [4.69, 9.17) is 4.74 Å². The van der Waals surface area contributed by atoms with Gasteiger partial charge in [0, 0.05) is 26.7 Å². The molecule has 0 aromatic heterocycles. The molecule has 0 saturated heterocycles. The van der Waals surface area contributed by atoms with Crippen LogP contribution in [-0.4, -0.2) is 37.8 Å². The van der Waals surface area contributed by atoms with E-state index in [0.29, 0.717) is 19.6 Å². The Bertz CT molecular complexity index is 782. The highest BCUT2D eigenvalue weighted by molar-refractivity contribution is 14.0. The number of ether oxygens (including phenoxy) is 1. The molecular weight excluding hydrogens is 467 g/mol. The van der Waals surface area contributed by atoms with Crippen LogP contribution in [0, 0.1) is 0 Å². The van der Waals surface area contributed by atoms with Crippen molar-refractivity contribution in [1.82, 2.24) is 16.0 Å². The summed E-state index contributed by atoms with van der Waals surface area (Å²) < 4.78 is 5.20. The fraction of sp³-hybridized carbons (Fsp3) is 0.429. The molecule has 0 fully saturated rings. The van der Waals surface area contributed by atoms with Crippen LogP contribution >= 0.6 is 24.0 Å². The van der Waals surface area contributed by atoms with E-state index in [1.807, 2.05) is 26.8 Å². The van der Waals surface area contributed by atoms with Gasteiger partial charge in [-0.2, -0.15) is 0 Å². The van der Waals surface area contributed by atoms with Crippen LogP contribution in [0.4, 0.5) is 4.79 Å². The van der Waals surface area contributed by atoms with Gasteiger partial charge in [-0.25, -0.2) is 4.79 Å². The van der Waals surface area contributed by atoms with Gasteiger partial charge in [0.05, 0.1) is 0 Å². The Kier molecular flexibility index (Phi) is 10.1. The molecule has 6 nitrogen and oxygen atoms in total. The van der Waals surface area contributed by atoms with Crippen LogP contribution in [0.2, 0.25) is 0 Å². The number of guanidine groups is 1. The molecule has 0 aliphatic carbocycles.